The fourth-order valence-corrected chi connectivity index (χ4v) is 4.31. The van der Waals surface area contributed by atoms with Crippen molar-refractivity contribution in [1.82, 2.24) is 9.29 Å². The molecule has 28 heavy (non-hydrogen) atoms. The van der Waals surface area contributed by atoms with E-state index in [-0.39, 0.29) is 21.8 Å². The van der Waals surface area contributed by atoms with Crippen LogP contribution in [-0.2, 0) is 16.2 Å². The van der Waals surface area contributed by atoms with Gasteiger partial charge >= 0.3 is 6.18 Å². The van der Waals surface area contributed by atoms with Crippen LogP contribution in [-0.4, -0.2) is 30.8 Å². The maximum atomic E-state index is 12.7. The van der Waals surface area contributed by atoms with Crippen molar-refractivity contribution in [2.24, 2.45) is 0 Å². The van der Waals surface area contributed by atoms with Crippen LogP contribution in [0.4, 0.5) is 19.0 Å². The Morgan fingerprint density at radius 1 is 1.18 bits per heavy atom. The van der Waals surface area contributed by atoms with Crippen molar-refractivity contribution >= 4 is 27.4 Å². The van der Waals surface area contributed by atoms with Gasteiger partial charge in [0.15, 0.2) is 0 Å². The summed E-state index contributed by atoms with van der Waals surface area (Å²) in [7, 11) is -3.56. The second-order valence-electron chi connectivity index (χ2n) is 6.08. The lowest BCUT2D eigenvalue weighted by Crippen LogP contribution is -2.30. The summed E-state index contributed by atoms with van der Waals surface area (Å²) in [6.07, 6.45) is -3.81. The molecule has 1 aromatic carbocycles. The van der Waals surface area contributed by atoms with E-state index in [0.717, 1.165) is 11.6 Å². The Balaban J connectivity index is 2.19. The predicted molar refractivity (Wildman–Crippen MR) is 103 cm³/mol. The van der Waals surface area contributed by atoms with Gasteiger partial charge < -0.3 is 5.32 Å². The third-order valence-electron chi connectivity index (χ3n) is 4.25. The lowest BCUT2D eigenvalue weighted by molar-refractivity contribution is -0.137. The molecule has 1 N–H and O–H groups in total. The molecule has 0 aliphatic heterocycles. The first-order chi connectivity index (χ1) is 13.0. The summed E-state index contributed by atoms with van der Waals surface area (Å²) in [5, 5.41) is 2.79. The lowest BCUT2D eigenvalue weighted by atomic mass is 10.1. The zero-order chi connectivity index (χ0) is 21.1. The quantitative estimate of drug-likeness (QED) is 0.667. The highest BCUT2D eigenvalue weighted by Gasteiger charge is 2.31. The first kappa shape index (κ1) is 22.4. The molecule has 0 fully saturated rings. The van der Waals surface area contributed by atoms with Gasteiger partial charge in [-0.15, -0.1) is 0 Å². The minimum Gasteiger partial charge on any atom is -0.362 e. The summed E-state index contributed by atoms with van der Waals surface area (Å²) >= 11 is 5.91. The molecule has 0 aliphatic rings. The molecule has 1 aromatic heterocycles. The van der Waals surface area contributed by atoms with Crippen LogP contribution in [0, 0.1) is 0 Å². The van der Waals surface area contributed by atoms with Crippen molar-refractivity contribution in [2.45, 2.75) is 37.9 Å². The molecule has 2 aromatic rings. The molecule has 1 heterocycles. The molecule has 2 rings (SSSR count). The maximum absolute atomic E-state index is 12.7. The number of hydrogen-bond donors (Lipinski definition) is 1. The normalized spacial score (nSPS) is 13.6. The summed E-state index contributed by atoms with van der Waals surface area (Å²) in [6.45, 7) is 6.04. The molecule has 154 valence electrons. The summed E-state index contributed by atoms with van der Waals surface area (Å²) in [5.41, 5.74) is -0.196. The van der Waals surface area contributed by atoms with Crippen LogP contribution < -0.4 is 5.32 Å². The lowest BCUT2D eigenvalue weighted by Gasteiger charge is -2.20. The van der Waals surface area contributed by atoms with Gasteiger partial charge in [-0.2, -0.15) is 17.5 Å². The maximum Gasteiger partial charge on any atom is 0.417 e. The van der Waals surface area contributed by atoms with Gasteiger partial charge in [-0.05, 0) is 30.7 Å². The second kappa shape index (κ2) is 8.67. The number of anilines is 1. The first-order valence-corrected chi connectivity index (χ1v) is 10.4. The molecule has 0 amide bonds. The second-order valence-corrected chi connectivity index (χ2v) is 8.42. The van der Waals surface area contributed by atoms with E-state index in [2.05, 4.69) is 10.3 Å². The van der Waals surface area contributed by atoms with E-state index < -0.39 is 21.8 Å². The third-order valence-corrected chi connectivity index (χ3v) is 6.60. The number of nitrogens with zero attached hydrogens (tertiary/aromatic N) is 2. The van der Waals surface area contributed by atoms with Crippen LogP contribution in [0.2, 0.25) is 5.02 Å². The van der Waals surface area contributed by atoms with Crippen LogP contribution >= 0.6 is 11.6 Å². The van der Waals surface area contributed by atoms with Crippen LogP contribution in [0.3, 0.4) is 0 Å². The molecular formula is C18H21ClF3N3O2S. The topological polar surface area (TPSA) is 62.3 Å². The Labute approximate surface area is 167 Å². The van der Waals surface area contributed by atoms with E-state index in [1.807, 2.05) is 0 Å². The van der Waals surface area contributed by atoms with Gasteiger partial charge in [0.2, 0.25) is 10.0 Å². The highest BCUT2D eigenvalue weighted by molar-refractivity contribution is 7.89. The Morgan fingerprint density at radius 2 is 1.75 bits per heavy atom. The Hall–Kier alpha value is -1.84. The van der Waals surface area contributed by atoms with Crippen molar-refractivity contribution < 1.29 is 21.6 Å². The monoisotopic (exact) mass is 435 g/mol. The van der Waals surface area contributed by atoms with Crippen molar-refractivity contribution in [1.29, 1.82) is 0 Å². The zero-order valence-electron chi connectivity index (χ0n) is 15.6. The van der Waals surface area contributed by atoms with Crippen LogP contribution in [0.15, 0.2) is 41.4 Å². The van der Waals surface area contributed by atoms with Gasteiger partial charge in [0.25, 0.3) is 0 Å². The van der Waals surface area contributed by atoms with Gasteiger partial charge in [0.05, 0.1) is 15.5 Å². The molecular weight excluding hydrogens is 415 g/mol. The average molecular weight is 436 g/mol. The minimum absolute atomic E-state index is 0.113. The summed E-state index contributed by atoms with van der Waals surface area (Å²) in [5.74, 6) is 0.113. The standard InChI is InChI=1S/C18H21ClF3N3O2S/c1-4-25(5-2)28(26,27)15-8-6-13(7-9-15)12(3)24-17-16(19)10-14(11-23-17)18(20,21)22/h6-12H,4-5H2,1-3H3,(H,23,24). The highest BCUT2D eigenvalue weighted by Crippen LogP contribution is 2.33. The summed E-state index contributed by atoms with van der Waals surface area (Å²) < 4.78 is 64.5. The average Bonchev–Trinajstić information content (AvgIpc) is 2.63. The minimum atomic E-state index is -4.52. The van der Waals surface area contributed by atoms with E-state index >= 15 is 0 Å². The van der Waals surface area contributed by atoms with E-state index in [1.54, 1.807) is 32.9 Å². The number of aromatic nitrogens is 1. The Morgan fingerprint density at radius 3 is 2.21 bits per heavy atom. The van der Waals surface area contributed by atoms with Crippen LogP contribution in [0.25, 0.3) is 0 Å². The van der Waals surface area contributed by atoms with Gasteiger partial charge in [-0.25, -0.2) is 13.4 Å². The SMILES string of the molecule is CCN(CC)S(=O)(=O)c1ccc(C(C)Nc2ncc(C(F)(F)F)cc2Cl)cc1. The largest absolute Gasteiger partial charge is 0.417 e. The molecule has 0 saturated heterocycles. The number of pyridine rings is 1. The van der Waals surface area contributed by atoms with Gasteiger partial charge in [-0.1, -0.05) is 37.6 Å². The number of benzene rings is 1. The van der Waals surface area contributed by atoms with Crippen molar-refractivity contribution in [2.75, 3.05) is 18.4 Å². The molecule has 0 spiro atoms. The summed E-state index contributed by atoms with van der Waals surface area (Å²) in [6, 6.07) is 6.75. The zero-order valence-corrected chi connectivity index (χ0v) is 17.2. The van der Waals surface area contributed by atoms with E-state index in [0.29, 0.717) is 19.3 Å². The van der Waals surface area contributed by atoms with Crippen molar-refractivity contribution in [3.8, 4) is 0 Å². The fraction of sp³-hybridized carbons (Fsp3) is 0.389. The van der Waals surface area contributed by atoms with Gasteiger partial charge in [0, 0.05) is 25.3 Å². The number of rotatable bonds is 7. The number of sulfonamides is 1. The molecule has 0 saturated carbocycles. The predicted octanol–water partition coefficient (Wildman–Crippen LogP) is 4.96. The molecule has 1 atom stereocenters. The van der Waals surface area contributed by atoms with Crippen LogP contribution in [0.1, 0.15) is 37.9 Å². The highest BCUT2D eigenvalue weighted by atomic mass is 35.5. The number of alkyl halides is 3. The van der Waals surface area contributed by atoms with E-state index in [9.17, 15) is 21.6 Å². The van der Waals surface area contributed by atoms with Crippen molar-refractivity contribution in [3.05, 3.63) is 52.7 Å². The molecule has 0 aliphatic carbocycles. The van der Waals surface area contributed by atoms with Gasteiger partial charge in [0.1, 0.15) is 5.82 Å². The number of hydrogen-bond acceptors (Lipinski definition) is 4. The van der Waals surface area contributed by atoms with Crippen molar-refractivity contribution in [3.63, 3.8) is 0 Å². The van der Waals surface area contributed by atoms with E-state index in [1.165, 1.54) is 16.4 Å². The number of nitrogens with one attached hydrogen (secondary N) is 1. The Kier molecular flexibility index (Phi) is 6.95. The van der Waals surface area contributed by atoms with Gasteiger partial charge in [-0.3, -0.25) is 0 Å². The molecule has 0 radical (unpaired) electrons. The molecule has 5 nitrogen and oxygen atoms in total. The fourth-order valence-electron chi connectivity index (χ4n) is 2.63. The third kappa shape index (κ3) is 4.95. The van der Waals surface area contributed by atoms with Crippen LogP contribution in [0.5, 0.6) is 0 Å². The molecule has 1 unspecified atom stereocenters. The smallest absolute Gasteiger partial charge is 0.362 e. The molecule has 0 bridgehead atoms. The number of halogens is 4. The summed E-state index contributed by atoms with van der Waals surface area (Å²) in [4.78, 5) is 3.93. The Bertz CT molecular complexity index is 915. The van der Waals surface area contributed by atoms with E-state index in [4.69, 9.17) is 11.6 Å². The first-order valence-electron chi connectivity index (χ1n) is 8.60. The molecule has 10 heteroatoms.